The van der Waals surface area contributed by atoms with E-state index in [1.54, 1.807) is 11.3 Å². The van der Waals surface area contributed by atoms with Crippen LogP contribution in [-0.4, -0.2) is 35.3 Å². The number of rotatable bonds is 3. The highest BCUT2D eigenvalue weighted by atomic mass is 32.1. The van der Waals surface area contributed by atoms with Crippen LogP contribution in [0, 0.1) is 0 Å². The number of benzene rings is 1. The van der Waals surface area contributed by atoms with Crippen LogP contribution in [0.25, 0.3) is 0 Å². The number of amides is 2. The molecular formula is C20H22N2O2S. The van der Waals surface area contributed by atoms with Crippen LogP contribution < -0.4 is 5.32 Å². The Kier molecular flexibility index (Phi) is 4.34. The number of nitrogens with zero attached hydrogens (tertiary/aromatic N) is 1. The van der Waals surface area contributed by atoms with Crippen molar-refractivity contribution in [3.63, 3.8) is 0 Å². The van der Waals surface area contributed by atoms with Gasteiger partial charge >= 0.3 is 0 Å². The van der Waals surface area contributed by atoms with E-state index in [1.165, 1.54) is 5.56 Å². The first-order valence-corrected chi connectivity index (χ1v) is 9.70. The zero-order chi connectivity index (χ0) is 17.3. The fourth-order valence-electron chi connectivity index (χ4n) is 4.22. The molecule has 1 aromatic carbocycles. The van der Waals surface area contributed by atoms with Crippen molar-refractivity contribution in [3.8, 4) is 0 Å². The number of nitrogens with one attached hydrogen (secondary N) is 1. The highest BCUT2D eigenvalue weighted by Crippen LogP contribution is 2.43. The molecule has 3 heterocycles. The monoisotopic (exact) mass is 354 g/mol. The maximum absolute atomic E-state index is 12.5. The first kappa shape index (κ1) is 16.3. The molecule has 4 nitrogen and oxygen atoms in total. The minimum Gasteiger partial charge on any atom is -0.350 e. The van der Waals surface area contributed by atoms with Crippen LogP contribution in [0.2, 0.25) is 0 Å². The molecule has 0 radical (unpaired) electrons. The zero-order valence-electron chi connectivity index (χ0n) is 14.1. The van der Waals surface area contributed by atoms with Crippen LogP contribution in [0.15, 0.2) is 47.8 Å². The first-order chi connectivity index (χ1) is 12.2. The van der Waals surface area contributed by atoms with Crippen LogP contribution in [-0.2, 0) is 16.0 Å². The summed E-state index contributed by atoms with van der Waals surface area (Å²) in [6.45, 7) is 1.43. The van der Waals surface area contributed by atoms with E-state index in [1.807, 2.05) is 40.6 Å². The molecule has 2 saturated heterocycles. The number of likely N-dealkylation sites (tertiary alicyclic amines) is 1. The zero-order valence-corrected chi connectivity index (χ0v) is 14.9. The molecule has 130 valence electrons. The Morgan fingerprint density at radius 1 is 1.16 bits per heavy atom. The second kappa shape index (κ2) is 6.64. The van der Waals surface area contributed by atoms with E-state index < -0.39 is 0 Å². The van der Waals surface area contributed by atoms with E-state index in [4.69, 9.17) is 0 Å². The molecule has 4 rings (SSSR count). The summed E-state index contributed by atoms with van der Waals surface area (Å²) in [6, 6.07) is 14.3. The standard InChI is InChI=1S/C20H22N2O2S/c23-18-14-17(15-5-2-1-3-6-15)20(21-18)8-10-22(11-9-20)19(24)13-16-7-4-12-25-16/h1-7,12,17H,8-11,13-14H2,(H,21,23). The summed E-state index contributed by atoms with van der Waals surface area (Å²) in [7, 11) is 0. The summed E-state index contributed by atoms with van der Waals surface area (Å²) in [5.74, 6) is 0.529. The largest absolute Gasteiger partial charge is 0.350 e. The summed E-state index contributed by atoms with van der Waals surface area (Å²) in [4.78, 5) is 27.7. The van der Waals surface area contributed by atoms with E-state index >= 15 is 0 Å². The number of piperidine rings is 1. The predicted molar refractivity (Wildman–Crippen MR) is 98.5 cm³/mol. The smallest absolute Gasteiger partial charge is 0.227 e. The van der Waals surface area contributed by atoms with Gasteiger partial charge in [0.15, 0.2) is 0 Å². The molecule has 2 aliphatic heterocycles. The van der Waals surface area contributed by atoms with Crippen molar-refractivity contribution in [2.75, 3.05) is 13.1 Å². The van der Waals surface area contributed by atoms with Crippen molar-refractivity contribution in [1.29, 1.82) is 0 Å². The highest BCUT2D eigenvalue weighted by Gasteiger charge is 2.49. The molecule has 1 aromatic heterocycles. The second-order valence-corrected chi connectivity index (χ2v) is 8.04. The number of hydrogen-bond acceptors (Lipinski definition) is 3. The third kappa shape index (κ3) is 3.21. The van der Waals surface area contributed by atoms with Crippen molar-refractivity contribution in [2.45, 2.75) is 37.1 Å². The Morgan fingerprint density at radius 3 is 2.60 bits per heavy atom. The minimum atomic E-state index is -0.196. The number of hydrogen-bond donors (Lipinski definition) is 1. The van der Waals surface area contributed by atoms with E-state index in [-0.39, 0.29) is 23.3 Å². The van der Waals surface area contributed by atoms with Gasteiger partial charge in [-0.2, -0.15) is 0 Å². The summed E-state index contributed by atoms with van der Waals surface area (Å²) >= 11 is 1.63. The average Bonchev–Trinajstić information content (AvgIpc) is 3.24. The molecule has 1 unspecified atom stereocenters. The molecule has 2 aliphatic rings. The molecule has 1 spiro atoms. The van der Waals surface area contributed by atoms with Gasteiger partial charge in [-0.25, -0.2) is 0 Å². The van der Waals surface area contributed by atoms with Crippen molar-refractivity contribution in [1.82, 2.24) is 10.2 Å². The van der Waals surface area contributed by atoms with Gasteiger partial charge in [0.05, 0.1) is 12.0 Å². The van der Waals surface area contributed by atoms with Crippen LogP contribution in [0.4, 0.5) is 0 Å². The first-order valence-electron chi connectivity index (χ1n) is 8.82. The summed E-state index contributed by atoms with van der Waals surface area (Å²) in [6.07, 6.45) is 2.69. The van der Waals surface area contributed by atoms with Crippen LogP contribution >= 0.6 is 11.3 Å². The number of carbonyl (C=O) groups is 2. The fourth-order valence-corrected chi connectivity index (χ4v) is 4.92. The van der Waals surface area contributed by atoms with Gasteiger partial charge in [0.2, 0.25) is 11.8 Å². The van der Waals surface area contributed by atoms with Crippen LogP contribution in [0.1, 0.15) is 35.6 Å². The van der Waals surface area contributed by atoms with Crippen molar-refractivity contribution in [2.24, 2.45) is 0 Å². The van der Waals surface area contributed by atoms with Gasteiger partial charge in [-0.05, 0) is 29.9 Å². The fraction of sp³-hybridized carbons (Fsp3) is 0.400. The number of carbonyl (C=O) groups excluding carboxylic acids is 2. The molecule has 0 bridgehead atoms. The maximum atomic E-state index is 12.5. The highest BCUT2D eigenvalue weighted by molar-refractivity contribution is 7.10. The molecule has 5 heteroatoms. The molecule has 25 heavy (non-hydrogen) atoms. The van der Waals surface area contributed by atoms with Gasteiger partial charge in [-0.3, -0.25) is 9.59 Å². The molecule has 0 aliphatic carbocycles. The van der Waals surface area contributed by atoms with E-state index in [2.05, 4.69) is 17.4 Å². The maximum Gasteiger partial charge on any atom is 0.227 e. The average molecular weight is 354 g/mol. The Hall–Kier alpha value is -2.14. The second-order valence-electron chi connectivity index (χ2n) is 7.01. The van der Waals surface area contributed by atoms with E-state index in [9.17, 15) is 9.59 Å². The van der Waals surface area contributed by atoms with Gasteiger partial charge in [-0.15, -0.1) is 11.3 Å². The third-order valence-corrected chi connectivity index (χ3v) is 6.44. The van der Waals surface area contributed by atoms with Gasteiger partial charge in [0.1, 0.15) is 0 Å². The lowest BCUT2D eigenvalue weighted by Crippen LogP contribution is -2.54. The lowest BCUT2D eigenvalue weighted by molar-refractivity contribution is -0.132. The van der Waals surface area contributed by atoms with Crippen molar-refractivity contribution < 1.29 is 9.59 Å². The van der Waals surface area contributed by atoms with E-state index in [0.717, 1.165) is 17.7 Å². The number of thiophene rings is 1. The van der Waals surface area contributed by atoms with E-state index in [0.29, 0.717) is 25.9 Å². The third-order valence-electron chi connectivity index (χ3n) is 5.56. The van der Waals surface area contributed by atoms with Crippen LogP contribution in [0.3, 0.4) is 0 Å². The summed E-state index contributed by atoms with van der Waals surface area (Å²) < 4.78 is 0. The van der Waals surface area contributed by atoms with Crippen LogP contribution in [0.5, 0.6) is 0 Å². The van der Waals surface area contributed by atoms with Gasteiger partial charge in [-0.1, -0.05) is 36.4 Å². The molecule has 2 aromatic rings. The SMILES string of the molecule is O=C1CC(c2ccccc2)C2(CCN(C(=O)Cc3cccs3)CC2)N1. The Balaban J connectivity index is 1.46. The molecule has 2 fully saturated rings. The van der Waals surface area contributed by atoms with Gasteiger partial charge < -0.3 is 10.2 Å². The molecule has 0 saturated carbocycles. The lowest BCUT2D eigenvalue weighted by Gasteiger charge is -2.43. The molecular weight excluding hydrogens is 332 g/mol. The van der Waals surface area contributed by atoms with Gasteiger partial charge in [0, 0.05) is 30.3 Å². The molecule has 1 atom stereocenters. The van der Waals surface area contributed by atoms with Crippen molar-refractivity contribution in [3.05, 3.63) is 58.3 Å². The Labute approximate surface area is 151 Å². The summed E-state index contributed by atoms with van der Waals surface area (Å²) in [5.41, 5.74) is 1.03. The molecule has 2 amide bonds. The molecule has 1 N–H and O–H groups in total. The lowest BCUT2D eigenvalue weighted by atomic mass is 9.74. The minimum absolute atomic E-state index is 0.132. The normalized spacial score (nSPS) is 22.2. The van der Waals surface area contributed by atoms with Crippen molar-refractivity contribution >= 4 is 23.2 Å². The predicted octanol–water partition coefficient (Wildman–Crippen LogP) is 2.96. The van der Waals surface area contributed by atoms with Gasteiger partial charge in [0.25, 0.3) is 0 Å². The summed E-state index contributed by atoms with van der Waals surface area (Å²) in [5, 5.41) is 5.25. The Bertz CT molecular complexity index is 749. The quantitative estimate of drug-likeness (QED) is 0.921. The Morgan fingerprint density at radius 2 is 1.92 bits per heavy atom. The topological polar surface area (TPSA) is 49.4 Å².